The number of aromatic nitrogens is 4. The number of nitrogens with one attached hydrogen (secondary N) is 2. The number of hydrogen-bond donors (Lipinski definition) is 3. The summed E-state index contributed by atoms with van der Waals surface area (Å²) in [5.74, 6) is -0.264. The number of primary amides is 1. The van der Waals surface area contributed by atoms with Gasteiger partial charge in [-0.25, -0.2) is 9.49 Å². The molecule has 2 atom stereocenters. The SMILES string of the molecule is C=C(CNCCC1(c2nnn[nH]2)c2ccc(F)cc2CCc2cc(C(N)=O)ccc21)N1CCCC1C#N. The van der Waals surface area contributed by atoms with E-state index in [1.807, 2.05) is 18.2 Å². The van der Waals surface area contributed by atoms with Gasteiger partial charge in [-0.15, -0.1) is 5.10 Å². The number of fused-ring (bicyclic) bond motifs is 2. The molecule has 190 valence electrons. The van der Waals surface area contributed by atoms with Crippen molar-refractivity contribution in [1.82, 2.24) is 30.8 Å². The number of rotatable bonds is 8. The van der Waals surface area contributed by atoms with Gasteiger partial charge < -0.3 is 16.0 Å². The van der Waals surface area contributed by atoms with Crippen LogP contribution in [0.2, 0.25) is 0 Å². The van der Waals surface area contributed by atoms with Crippen molar-refractivity contribution in [1.29, 1.82) is 5.26 Å². The summed E-state index contributed by atoms with van der Waals surface area (Å²) in [4.78, 5) is 14.0. The monoisotopic (exact) mass is 500 g/mol. The minimum Gasteiger partial charge on any atom is -0.366 e. The molecule has 4 N–H and O–H groups in total. The maximum Gasteiger partial charge on any atom is 0.248 e. The number of aromatic amines is 1. The average Bonchev–Trinajstić information content (AvgIpc) is 3.58. The Kier molecular flexibility index (Phi) is 6.72. The molecule has 2 heterocycles. The Morgan fingerprint density at radius 3 is 2.73 bits per heavy atom. The number of nitrogens with two attached hydrogens (primary N) is 1. The molecule has 0 radical (unpaired) electrons. The summed E-state index contributed by atoms with van der Waals surface area (Å²) >= 11 is 0. The van der Waals surface area contributed by atoms with Crippen LogP contribution in [0.25, 0.3) is 0 Å². The molecule has 1 saturated heterocycles. The lowest BCUT2D eigenvalue weighted by atomic mass is 9.69. The van der Waals surface area contributed by atoms with Crippen LogP contribution in [0.3, 0.4) is 0 Å². The zero-order chi connectivity index (χ0) is 26.0. The van der Waals surface area contributed by atoms with E-state index in [4.69, 9.17) is 5.73 Å². The van der Waals surface area contributed by atoms with Crippen molar-refractivity contribution in [3.05, 3.63) is 88.1 Å². The number of carbonyl (C=O) groups excluding carboxylic acids is 1. The molecule has 2 aromatic carbocycles. The van der Waals surface area contributed by atoms with Crippen LogP contribution < -0.4 is 11.1 Å². The van der Waals surface area contributed by atoms with E-state index in [1.165, 1.54) is 6.07 Å². The number of H-pyrrole nitrogens is 1. The fourth-order valence-electron chi connectivity index (χ4n) is 5.84. The first-order valence-electron chi connectivity index (χ1n) is 12.4. The molecule has 10 heteroatoms. The van der Waals surface area contributed by atoms with Crippen LogP contribution in [0.4, 0.5) is 4.39 Å². The standard InChI is InChI=1S/C27H29FN8O/c1-17(36-12-2-3-22(36)15-29)16-31-11-10-27(26-32-34-35-33-26)23-8-6-20(25(30)37)13-18(23)4-5-19-14-21(28)7-9-24(19)27/h6-9,13-14,22,31H,1-5,10-12,16H2,(H2,30,37)(H,32,33,34,35). The molecule has 3 aromatic rings. The zero-order valence-electron chi connectivity index (χ0n) is 20.5. The second-order valence-corrected chi connectivity index (χ2v) is 9.67. The van der Waals surface area contributed by atoms with Gasteiger partial charge in [-0.1, -0.05) is 18.7 Å². The second kappa shape index (κ2) is 10.1. The van der Waals surface area contributed by atoms with Gasteiger partial charge in [0.05, 0.1) is 11.5 Å². The Bertz CT molecular complexity index is 1370. The molecule has 0 spiro atoms. The number of hydrogen-bond acceptors (Lipinski definition) is 7. The van der Waals surface area contributed by atoms with Crippen molar-refractivity contribution in [2.24, 2.45) is 5.73 Å². The number of likely N-dealkylation sites (tertiary alicyclic amines) is 1. The molecular formula is C27H29FN8O. The molecule has 1 fully saturated rings. The lowest BCUT2D eigenvalue weighted by Crippen LogP contribution is -2.38. The third-order valence-corrected chi connectivity index (χ3v) is 7.60. The summed E-state index contributed by atoms with van der Waals surface area (Å²) in [5, 5.41) is 27.9. The number of halogens is 1. The molecule has 0 bridgehead atoms. The van der Waals surface area contributed by atoms with Gasteiger partial charge in [-0.3, -0.25) is 4.79 Å². The number of benzene rings is 2. The van der Waals surface area contributed by atoms with Gasteiger partial charge in [0.1, 0.15) is 11.9 Å². The second-order valence-electron chi connectivity index (χ2n) is 9.67. The van der Waals surface area contributed by atoms with Gasteiger partial charge in [0.25, 0.3) is 0 Å². The Hall–Kier alpha value is -4.10. The summed E-state index contributed by atoms with van der Waals surface area (Å²) in [6, 6.07) is 12.5. The summed E-state index contributed by atoms with van der Waals surface area (Å²) in [6.45, 7) is 6.13. The Balaban J connectivity index is 1.52. The normalized spacial score (nSPS) is 20.5. The van der Waals surface area contributed by atoms with E-state index in [9.17, 15) is 14.4 Å². The van der Waals surface area contributed by atoms with Gasteiger partial charge in [-0.05, 0) is 95.6 Å². The van der Waals surface area contributed by atoms with E-state index < -0.39 is 11.3 Å². The molecule has 0 saturated carbocycles. The van der Waals surface area contributed by atoms with Crippen LogP contribution in [0.15, 0.2) is 48.7 Å². The molecule has 1 aliphatic carbocycles. The van der Waals surface area contributed by atoms with Crippen molar-refractivity contribution in [3.63, 3.8) is 0 Å². The number of tetrazole rings is 1. The highest BCUT2D eigenvalue weighted by molar-refractivity contribution is 5.93. The lowest BCUT2D eigenvalue weighted by Gasteiger charge is -2.34. The third kappa shape index (κ3) is 4.47. The molecule has 5 rings (SSSR count). The molecule has 2 aliphatic rings. The van der Waals surface area contributed by atoms with E-state index in [0.29, 0.717) is 43.7 Å². The molecule has 1 aromatic heterocycles. The van der Waals surface area contributed by atoms with Crippen LogP contribution in [0.5, 0.6) is 0 Å². The molecule has 2 unspecified atom stereocenters. The number of nitrogens with zero attached hydrogens (tertiary/aromatic N) is 5. The van der Waals surface area contributed by atoms with Crippen molar-refractivity contribution in [2.75, 3.05) is 19.6 Å². The number of nitriles is 1. The quantitative estimate of drug-likeness (QED) is 0.404. The van der Waals surface area contributed by atoms with Crippen LogP contribution in [-0.4, -0.2) is 57.1 Å². The topological polar surface area (TPSA) is 137 Å². The van der Waals surface area contributed by atoms with Crippen molar-refractivity contribution >= 4 is 5.91 Å². The van der Waals surface area contributed by atoms with Gasteiger partial charge in [0, 0.05) is 24.4 Å². The van der Waals surface area contributed by atoms with Crippen molar-refractivity contribution in [2.45, 2.75) is 43.6 Å². The lowest BCUT2D eigenvalue weighted by molar-refractivity contribution is 0.1000. The van der Waals surface area contributed by atoms with Gasteiger partial charge in [0.2, 0.25) is 5.91 Å². The Morgan fingerprint density at radius 1 is 1.27 bits per heavy atom. The number of amides is 1. The molecule has 1 aliphatic heterocycles. The highest BCUT2D eigenvalue weighted by Gasteiger charge is 2.44. The predicted molar refractivity (Wildman–Crippen MR) is 135 cm³/mol. The fourth-order valence-corrected chi connectivity index (χ4v) is 5.84. The summed E-state index contributed by atoms with van der Waals surface area (Å²) < 4.78 is 14.4. The fraction of sp³-hybridized carbons (Fsp3) is 0.370. The van der Waals surface area contributed by atoms with Gasteiger partial charge in [0.15, 0.2) is 5.82 Å². The highest BCUT2D eigenvalue weighted by atomic mass is 19.1. The third-order valence-electron chi connectivity index (χ3n) is 7.60. The highest BCUT2D eigenvalue weighted by Crippen LogP contribution is 2.46. The van der Waals surface area contributed by atoms with E-state index in [2.05, 4.69) is 43.5 Å². The minimum atomic E-state index is -0.814. The van der Waals surface area contributed by atoms with E-state index in [-0.39, 0.29) is 11.9 Å². The number of carbonyl (C=O) groups is 1. The minimum absolute atomic E-state index is 0.129. The van der Waals surface area contributed by atoms with E-state index in [0.717, 1.165) is 47.3 Å². The average molecular weight is 501 g/mol. The number of aryl methyl sites for hydroxylation is 2. The van der Waals surface area contributed by atoms with E-state index in [1.54, 1.807) is 12.1 Å². The summed E-state index contributed by atoms with van der Waals surface area (Å²) in [6.07, 6.45) is 3.61. The van der Waals surface area contributed by atoms with Crippen LogP contribution in [0.1, 0.15) is 57.7 Å². The van der Waals surface area contributed by atoms with Gasteiger partial charge >= 0.3 is 0 Å². The van der Waals surface area contributed by atoms with Crippen LogP contribution in [-0.2, 0) is 18.3 Å². The molecule has 1 amide bonds. The predicted octanol–water partition coefficient (Wildman–Crippen LogP) is 2.35. The van der Waals surface area contributed by atoms with Gasteiger partial charge in [-0.2, -0.15) is 5.26 Å². The summed E-state index contributed by atoms with van der Waals surface area (Å²) in [5.41, 5.74) is 9.76. The molecule has 9 nitrogen and oxygen atoms in total. The largest absolute Gasteiger partial charge is 0.366 e. The Morgan fingerprint density at radius 2 is 2.03 bits per heavy atom. The van der Waals surface area contributed by atoms with E-state index >= 15 is 0 Å². The first-order chi connectivity index (χ1) is 17.9. The summed E-state index contributed by atoms with van der Waals surface area (Å²) in [7, 11) is 0. The van der Waals surface area contributed by atoms with Crippen molar-refractivity contribution < 1.29 is 9.18 Å². The van der Waals surface area contributed by atoms with Crippen LogP contribution >= 0.6 is 0 Å². The van der Waals surface area contributed by atoms with Crippen LogP contribution in [0, 0.1) is 17.1 Å². The van der Waals surface area contributed by atoms with Crippen molar-refractivity contribution in [3.8, 4) is 6.07 Å². The molecule has 37 heavy (non-hydrogen) atoms. The maximum atomic E-state index is 14.4. The Labute approximate surface area is 214 Å². The maximum absolute atomic E-state index is 14.4. The first-order valence-corrected chi connectivity index (χ1v) is 12.4. The molecular weight excluding hydrogens is 471 g/mol. The zero-order valence-corrected chi connectivity index (χ0v) is 20.5. The first kappa shape index (κ1) is 24.6. The smallest absolute Gasteiger partial charge is 0.248 e.